The zero-order valence-corrected chi connectivity index (χ0v) is 25.7. The summed E-state index contributed by atoms with van der Waals surface area (Å²) in [5, 5.41) is 10.7. The molecule has 1 aromatic heterocycles. The fourth-order valence-corrected chi connectivity index (χ4v) is 6.83. The van der Waals surface area contributed by atoms with Crippen LogP contribution in [0.2, 0.25) is 0 Å². The minimum atomic E-state index is 0.500. The van der Waals surface area contributed by atoms with Gasteiger partial charge in [0.05, 0.1) is 17.1 Å². The quantitative estimate of drug-likeness (QED) is 0.197. The Kier molecular flexibility index (Phi) is 6.93. The van der Waals surface area contributed by atoms with Crippen molar-refractivity contribution in [2.75, 3.05) is 0 Å². The van der Waals surface area contributed by atoms with Gasteiger partial charge in [0.1, 0.15) is 0 Å². The Labute approximate surface area is 270 Å². The molecular weight excluding hydrogens is 556 g/mol. The molecule has 46 heavy (non-hydrogen) atoms. The Morgan fingerprint density at radius 1 is 0.565 bits per heavy atom. The fraction of sp³-hybridized carbons (Fsp3) is 0.0682. The minimum Gasteiger partial charge on any atom is -0.310 e. The summed E-state index contributed by atoms with van der Waals surface area (Å²) in [4.78, 5) is 0. The Hall–Kier alpha value is -5.91. The lowest BCUT2D eigenvalue weighted by atomic mass is 9.92. The van der Waals surface area contributed by atoms with Crippen molar-refractivity contribution in [2.24, 2.45) is 5.92 Å². The summed E-state index contributed by atoms with van der Waals surface area (Å²) in [6, 6.07) is 53.9. The molecule has 6 aromatic carbocycles. The summed E-state index contributed by atoms with van der Waals surface area (Å²) in [6.07, 6.45) is 5.68. The topological polar surface area (TPSA) is 28.7 Å². The minimum absolute atomic E-state index is 0.500. The van der Waals surface area contributed by atoms with Crippen LogP contribution in [-0.2, 0) is 6.42 Å². The van der Waals surface area contributed by atoms with Gasteiger partial charge in [-0.1, -0.05) is 110 Å². The third kappa shape index (κ3) is 5.03. The number of rotatable bonds is 5. The summed E-state index contributed by atoms with van der Waals surface area (Å²) in [5.74, 6) is 0.500. The first kappa shape index (κ1) is 27.6. The molecule has 0 fully saturated rings. The molecule has 0 spiro atoms. The first-order chi connectivity index (χ1) is 22.6. The second-order valence-electron chi connectivity index (χ2n) is 12.2. The lowest BCUT2D eigenvalue weighted by Crippen LogP contribution is -2.05. The van der Waals surface area contributed by atoms with Gasteiger partial charge in [0.15, 0.2) is 0 Å². The van der Waals surface area contributed by atoms with Crippen LogP contribution in [0, 0.1) is 17.2 Å². The van der Waals surface area contributed by atoms with E-state index in [1.807, 2.05) is 18.2 Å². The maximum Gasteiger partial charge on any atom is 0.0991 e. The second kappa shape index (κ2) is 11.5. The molecule has 2 nitrogen and oxygen atoms in total. The van der Waals surface area contributed by atoms with E-state index in [1.54, 1.807) is 0 Å². The normalized spacial score (nSPS) is 13.8. The zero-order valence-electron chi connectivity index (χ0n) is 25.7. The number of nitriles is 1. The second-order valence-corrected chi connectivity index (χ2v) is 12.2. The smallest absolute Gasteiger partial charge is 0.0991 e. The Morgan fingerprint density at radius 2 is 1.11 bits per heavy atom. The van der Waals surface area contributed by atoms with Crippen LogP contribution in [0.5, 0.6) is 0 Å². The van der Waals surface area contributed by atoms with Crippen molar-refractivity contribution < 1.29 is 0 Å². The summed E-state index contributed by atoms with van der Waals surface area (Å²) in [5.41, 5.74) is 15.2. The van der Waals surface area contributed by atoms with Gasteiger partial charge in [0.2, 0.25) is 0 Å². The standard InChI is InChI=1S/C44H32N2/c1-30-16-22-43-41(24-30)42-28-39(38-15-6-12-35(26-38)32-9-3-2-4-10-32)19-23-44(42)46(43)40-20-17-33(18-21-40)36-13-7-14-37(27-36)34-11-5-8-31(25-34)29-45/h2-23,25-28,30H,24H2,1H3. The molecule has 0 bridgehead atoms. The summed E-state index contributed by atoms with van der Waals surface area (Å²) >= 11 is 0. The molecule has 0 saturated heterocycles. The number of allylic oxidation sites excluding steroid dienone is 1. The van der Waals surface area contributed by atoms with Gasteiger partial charge in [0, 0.05) is 16.8 Å². The molecule has 1 unspecified atom stereocenters. The molecule has 1 aliphatic rings. The highest BCUT2D eigenvalue weighted by Gasteiger charge is 2.21. The summed E-state index contributed by atoms with van der Waals surface area (Å²) in [6.45, 7) is 2.30. The monoisotopic (exact) mass is 588 g/mol. The number of aromatic nitrogens is 1. The zero-order chi connectivity index (χ0) is 31.0. The summed E-state index contributed by atoms with van der Waals surface area (Å²) in [7, 11) is 0. The van der Waals surface area contributed by atoms with Crippen molar-refractivity contribution in [1.29, 1.82) is 5.26 Å². The average Bonchev–Trinajstić information content (AvgIpc) is 3.45. The number of hydrogen-bond acceptors (Lipinski definition) is 1. The van der Waals surface area contributed by atoms with Gasteiger partial charge >= 0.3 is 0 Å². The first-order valence-electron chi connectivity index (χ1n) is 15.9. The Balaban J connectivity index is 1.18. The van der Waals surface area contributed by atoms with E-state index >= 15 is 0 Å². The molecule has 0 N–H and O–H groups in total. The van der Waals surface area contributed by atoms with Crippen LogP contribution in [0.25, 0.3) is 67.2 Å². The van der Waals surface area contributed by atoms with Gasteiger partial charge in [-0.2, -0.15) is 5.26 Å². The molecule has 0 amide bonds. The van der Waals surface area contributed by atoms with Crippen molar-refractivity contribution in [3.8, 4) is 56.3 Å². The van der Waals surface area contributed by atoms with Crippen LogP contribution in [0.15, 0.2) is 152 Å². The van der Waals surface area contributed by atoms with Crippen molar-refractivity contribution in [2.45, 2.75) is 13.3 Å². The molecule has 1 aliphatic carbocycles. The van der Waals surface area contributed by atoms with Crippen LogP contribution in [0.1, 0.15) is 23.7 Å². The van der Waals surface area contributed by atoms with E-state index < -0.39 is 0 Å². The highest BCUT2D eigenvalue weighted by atomic mass is 15.0. The van der Waals surface area contributed by atoms with Crippen LogP contribution in [0.3, 0.4) is 0 Å². The molecular formula is C44H32N2. The Morgan fingerprint density at radius 3 is 1.78 bits per heavy atom. The molecule has 2 heteroatoms. The number of hydrogen-bond donors (Lipinski definition) is 0. The predicted molar refractivity (Wildman–Crippen MR) is 192 cm³/mol. The van der Waals surface area contributed by atoms with Gasteiger partial charge in [-0.3, -0.25) is 0 Å². The SMILES string of the molecule is CC1C=Cc2c(c3cc(-c4cccc(-c5ccccc5)c4)ccc3n2-c2ccc(-c3cccc(-c4cccc(C#N)c4)c3)cc2)C1. The average molecular weight is 589 g/mol. The third-order valence-electron chi connectivity index (χ3n) is 9.17. The molecule has 7 aromatic rings. The maximum absolute atomic E-state index is 9.36. The largest absolute Gasteiger partial charge is 0.310 e. The van der Waals surface area contributed by atoms with E-state index in [-0.39, 0.29) is 0 Å². The van der Waals surface area contributed by atoms with Crippen molar-refractivity contribution in [3.63, 3.8) is 0 Å². The van der Waals surface area contributed by atoms with Crippen molar-refractivity contribution in [1.82, 2.24) is 4.57 Å². The highest BCUT2D eigenvalue weighted by molar-refractivity contribution is 5.94. The molecule has 1 heterocycles. The summed E-state index contributed by atoms with van der Waals surface area (Å²) < 4.78 is 2.42. The van der Waals surface area contributed by atoms with Gasteiger partial charge in [-0.05, 0) is 117 Å². The van der Waals surface area contributed by atoms with Gasteiger partial charge in [-0.25, -0.2) is 0 Å². The third-order valence-corrected chi connectivity index (χ3v) is 9.17. The first-order valence-corrected chi connectivity index (χ1v) is 15.9. The molecule has 0 aliphatic heterocycles. The van der Waals surface area contributed by atoms with E-state index in [1.165, 1.54) is 44.4 Å². The van der Waals surface area contributed by atoms with Crippen LogP contribution < -0.4 is 0 Å². The van der Waals surface area contributed by atoms with Gasteiger partial charge in [0.25, 0.3) is 0 Å². The lowest BCUT2D eigenvalue weighted by Gasteiger charge is -2.16. The maximum atomic E-state index is 9.36. The van der Waals surface area contributed by atoms with E-state index in [9.17, 15) is 5.26 Å². The van der Waals surface area contributed by atoms with E-state index in [4.69, 9.17) is 0 Å². The molecule has 0 radical (unpaired) electrons. The van der Waals surface area contributed by atoms with Crippen molar-refractivity contribution in [3.05, 3.63) is 168 Å². The number of benzene rings is 6. The Bertz CT molecular complexity index is 2300. The highest BCUT2D eigenvalue weighted by Crippen LogP contribution is 2.38. The predicted octanol–water partition coefficient (Wildman–Crippen LogP) is 11.4. The molecule has 218 valence electrons. The number of fused-ring (bicyclic) bond motifs is 3. The van der Waals surface area contributed by atoms with Gasteiger partial charge < -0.3 is 4.57 Å². The fourth-order valence-electron chi connectivity index (χ4n) is 6.83. The molecule has 8 rings (SSSR count). The van der Waals surface area contributed by atoms with Crippen LogP contribution in [0.4, 0.5) is 0 Å². The number of nitrogens with zero attached hydrogens (tertiary/aromatic N) is 2. The van der Waals surface area contributed by atoms with Crippen LogP contribution >= 0.6 is 0 Å². The van der Waals surface area contributed by atoms with E-state index in [2.05, 4.69) is 157 Å². The lowest BCUT2D eigenvalue weighted by molar-refractivity contribution is 0.718. The van der Waals surface area contributed by atoms with E-state index in [0.717, 1.165) is 34.4 Å². The van der Waals surface area contributed by atoms with Gasteiger partial charge in [-0.15, -0.1) is 0 Å². The van der Waals surface area contributed by atoms with E-state index in [0.29, 0.717) is 11.5 Å². The van der Waals surface area contributed by atoms with Crippen LogP contribution in [-0.4, -0.2) is 4.57 Å². The molecule has 0 saturated carbocycles. The van der Waals surface area contributed by atoms with Crippen molar-refractivity contribution >= 4 is 17.0 Å². The molecule has 1 atom stereocenters.